The van der Waals surface area contributed by atoms with Gasteiger partial charge in [0, 0.05) is 12.1 Å². The minimum Gasteiger partial charge on any atom is -0.497 e. The lowest BCUT2D eigenvalue weighted by Gasteiger charge is -2.17. The molecule has 1 amide bonds. The summed E-state index contributed by atoms with van der Waals surface area (Å²) in [6.07, 6.45) is 1.80. The van der Waals surface area contributed by atoms with Gasteiger partial charge in [0.05, 0.1) is 25.1 Å². The first-order valence-electron chi connectivity index (χ1n) is 8.35. The molecule has 0 aromatic heterocycles. The topological polar surface area (TPSA) is 75.7 Å². The molecule has 0 saturated heterocycles. The van der Waals surface area contributed by atoms with Crippen LogP contribution in [0.5, 0.6) is 5.75 Å². The van der Waals surface area contributed by atoms with Gasteiger partial charge in [-0.2, -0.15) is 0 Å². The summed E-state index contributed by atoms with van der Waals surface area (Å²) in [5, 5.41) is 2.97. The summed E-state index contributed by atoms with van der Waals surface area (Å²) in [6.45, 7) is 2.33. The molecule has 0 unspecified atom stereocenters. The van der Waals surface area contributed by atoms with Crippen LogP contribution in [0.3, 0.4) is 0 Å². The average Bonchev–Trinajstić information content (AvgIpc) is 3.05. The third-order valence-electron chi connectivity index (χ3n) is 4.56. The van der Waals surface area contributed by atoms with Crippen LogP contribution >= 0.6 is 0 Å². The number of nitrogens with zero attached hydrogens (tertiary/aromatic N) is 1. The van der Waals surface area contributed by atoms with Crippen LogP contribution in [0, 0.1) is 0 Å². The molecule has 1 heterocycles. The van der Waals surface area contributed by atoms with Crippen LogP contribution in [0.25, 0.3) is 0 Å². The molecule has 0 saturated carbocycles. The maximum Gasteiger partial charge on any atom is 0.251 e. The second-order valence-corrected chi connectivity index (χ2v) is 8.30. The number of hydrogen-bond donors (Lipinski definition) is 1. The number of carbonyl (C=O) groups excluding carboxylic acids is 1. The molecule has 2 aromatic rings. The van der Waals surface area contributed by atoms with Gasteiger partial charge >= 0.3 is 0 Å². The average molecular weight is 374 g/mol. The van der Waals surface area contributed by atoms with Gasteiger partial charge in [-0.05, 0) is 54.8 Å². The third-order valence-corrected chi connectivity index (χ3v) is 5.74. The molecular weight excluding hydrogens is 352 g/mol. The highest BCUT2D eigenvalue weighted by atomic mass is 32.2. The van der Waals surface area contributed by atoms with Crippen LogP contribution in [0.4, 0.5) is 5.69 Å². The largest absolute Gasteiger partial charge is 0.497 e. The van der Waals surface area contributed by atoms with Gasteiger partial charge in [-0.1, -0.05) is 12.1 Å². The molecule has 0 aliphatic carbocycles. The minimum atomic E-state index is -3.29. The number of ether oxygens (including phenoxy) is 1. The third kappa shape index (κ3) is 3.67. The molecule has 1 N–H and O–H groups in total. The standard InChI is InChI=1S/C19H22N2O4S/c1-13(14-4-7-17(25-2)8-5-14)20-19(22)16-6-9-18-15(12-16)10-11-21(18)26(3,23)24/h4-9,12-13H,10-11H2,1-3H3,(H,20,22)/t13-/m1/s1. The first-order chi connectivity index (χ1) is 12.3. The Labute approximate surface area is 153 Å². The second-order valence-electron chi connectivity index (χ2n) is 6.40. The van der Waals surface area contributed by atoms with Crippen molar-refractivity contribution in [2.45, 2.75) is 19.4 Å². The van der Waals surface area contributed by atoms with E-state index >= 15 is 0 Å². The monoisotopic (exact) mass is 374 g/mol. The van der Waals surface area contributed by atoms with Crippen molar-refractivity contribution in [1.29, 1.82) is 0 Å². The van der Waals surface area contributed by atoms with Crippen molar-refractivity contribution in [1.82, 2.24) is 5.32 Å². The lowest BCUT2D eigenvalue weighted by Crippen LogP contribution is -2.28. The van der Waals surface area contributed by atoms with Crippen molar-refractivity contribution >= 4 is 21.6 Å². The van der Waals surface area contributed by atoms with E-state index in [1.807, 2.05) is 31.2 Å². The van der Waals surface area contributed by atoms with Crippen LogP contribution in [0.15, 0.2) is 42.5 Å². The summed E-state index contributed by atoms with van der Waals surface area (Å²) in [5.41, 5.74) is 3.04. The molecule has 3 rings (SSSR count). The SMILES string of the molecule is COc1ccc([C@@H](C)NC(=O)c2ccc3c(c2)CCN3S(C)(=O)=O)cc1. The molecule has 26 heavy (non-hydrogen) atoms. The Morgan fingerprint density at radius 1 is 1.19 bits per heavy atom. The number of methoxy groups -OCH3 is 1. The number of anilines is 1. The number of rotatable bonds is 5. The van der Waals surface area contributed by atoms with E-state index in [1.165, 1.54) is 10.6 Å². The van der Waals surface area contributed by atoms with Crippen molar-refractivity contribution < 1.29 is 17.9 Å². The Bertz CT molecular complexity index is 923. The number of nitrogens with one attached hydrogen (secondary N) is 1. The van der Waals surface area contributed by atoms with Crippen LogP contribution < -0.4 is 14.4 Å². The molecule has 1 aliphatic rings. The van der Waals surface area contributed by atoms with Crippen LogP contribution in [0.1, 0.15) is 34.5 Å². The summed E-state index contributed by atoms with van der Waals surface area (Å²) >= 11 is 0. The Hall–Kier alpha value is -2.54. The maximum atomic E-state index is 12.6. The molecular formula is C19H22N2O4S. The number of sulfonamides is 1. The number of carbonyl (C=O) groups is 1. The van der Waals surface area contributed by atoms with E-state index < -0.39 is 10.0 Å². The van der Waals surface area contributed by atoms with Gasteiger partial charge in [-0.15, -0.1) is 0 Å². The number of amides is 1. The number of benzene rings is 2. The van der Waals surface area contributed by atoms with Gasteiger partial charge in [0.2, 0.25) is 10.0 Å². The summed E-state index contributed by atoms with van der Waals surface area (Å²) in [7, 11) is -1.68. The van der Waals surface area contributed by atoms with Gasteiger partial charge in [0.25, 0.3) is 5.91 Å². The second kappa shape index (κ2) is 6.99. The van der Waals surface area contributed by atoms with Crippen molar-refractivity contribution in [2.24, 2.45) is 0 Å². The van der Waals surface area contributed by atoms with E-state index in [4.69, 9.17) is 4.74 Å². The molecule has 0 bridgehead atoms. The first kappa shape index (κ1) is 18.3. The van der Waals surface area contributed by atoms with E-state index in [0.29, 0.717) is 24.2 Å². The van der Waals surface area contributed by atoms with Crippen molar-refractivity contribution in [2.75, 3.05) is 24.2 Å². The number of fused-ring (bicyclic) bond motifs is 1. The highest BCUT2D eigenvalue weighted by molar-refractivity contribution is 7.92. The number of hydrogen-bond acceptors (Lipinski definition) is 4. The summed E-state index contributed by atoms with van der Waals surface area (Å²) in [5.74, 6) is 0.579. The minimum absolute atomic E-state index is 0.158. The zero-order chi connectivity index (χ0) is 18.9. The fourth-order valence-corrected chi connectivity index (χ4v) is 4.07. The molecule has 1 aliphatic heterocycles. The van der Waals surface area contributed by atoms with Gasteiger partial charge in [0.1, 0.15) is 5.75 Å². The Morgan fingerprint density at radius 2 is 1.88 bits per heavy atom. The van der Waals surface area contributed by atoms with E-state index in [1.54, 1.807) is 25.3 Å². The molecule has 0 radical (unpaired) electrons. The zero-order valence-corrected chi connectivity index (χ0v) is 15.8. The molecule has 0 spiro atoms. The van der Waals surface area contributed by atoms with E-state index in [0.717, 1.165) is 16.9 Å². The predicted molar refractivity (Wildman–Crippen MR) is 101 cm³/mol. The fraction of sp³-hybridized carbons (Fsp3) is 0.316. The summed E-state index contributed by atoms with van der Waals surface area (Å²) in [6, 6.07) is 12.5. The Morgan fingerprint density at radius 3 is 2.50 bits per heavy atom. The Kier molecular flexibility index (Phi) is 4.91. The quantitative estimate of drug-likeness (QED) is 0.873. The lowest BCUT2D eigenvalue weighted by atomic mass is 10.1. The molecule has 7 heteroatoms. The lowest BCUT2D eigenvalue weighted by molar-refractivity contribution is 0.0940. The van der Waals surface area contributed by atoms with Gasteiger partial charge in [-0.3, -0.25) is 9.10 Å². The molecule has 0 fully saturated rings. The highest BCUT2D eigenvalue weighted by Gasteiger charge is 2.26. The van der Waals surface area contributed by atoms with Crippen LogP contribution in [0.2, 0.25) is 0 Å². The van der Waals surface area contributed by atoms with Crippen LogP contribution in [-0.4, -0.2) is 34.2 Å². The Balaban J connectivity index is 1.74. The van der Waals surface area contributed by atoms with Gasteiger partial charge in [-0.25, -0.2) is 8.42 Å². The summed E-state index contributed by atoms with van der Waals surface area (Å²) in [4.78, 5) is 12.6. The smallest absolute Gasteiger partial charge is 0.251 e. The van der Waals surface area contributed by atoms with Gasteiger partial charge in [0.15, 0.2) is 0 Å². The van der Waals surface area contributed by atoms with E-state index in [2.05, 4.69) is 5.32 Å². The fourth-order valence-electron chi connectivity index (χ4n) is 3.11. The van der Waals surface area contributed by atoms with Crippen LogP contribution in [-0.2, 0) is 16.4 Å². The molecule has 1 atom stereocenters. The predicted octanol–water partition coefficient (Wildman–Crippen LogP) is 2.51. The van der Waals surface area contributed by atoms with E-state index in [9.17, 15) is 13.2 Å². The summed E-state index contributed by atoms with van der Waals surface area (Å²) < 4.78 is 30.1. The molecule has 6 nitrogen and oxygen atoms in total. The van der Waals surface area contributed by atoms with Crippen molar-refractivity contribution in [3.63, 3.8) is 0 Å². The molecule has 2 aromatic carbocycles. The zero-order valence-electron chi connectivity index (χ0n) is 15.0. The maximum absolute atomic E-state index is 12.6. The van der Waals surface area contributed by atoms with Crippen molar-refractivity contribution in [3.05, 3.63) is 59.2 Å². The van der Waals surface area contributed by atoms with E-state index in [-0.39, 0.29) is 11.9 Å². The first-order valence-corrected chi connectivity index (χ1v) is 10.2. The molecule has 138 valence electrons. The normalized spacial score (nSPS) is 14.7. The van der Waals surface area contributed by atoms with Gasteiger partial charge < -0.3 is 10.1 Å². The van der Waals surface area contributed by atoms with Crippen molar-refractivity contribution in [3.8, 4) is 5.75 Å². The highest BCUT2D eigenvalue weighted by Crippen LogP contribution is 2.30.